The van der Waals surface area contributed by atoms with Crippen LogP contribution in [0, 0.1) is 0 Å². The summed E-state index contributed by atoms with van der Waals surface area (Å²) >= 11 is 0. The summed E-state index contributed by atoms with van der Waals surface area (Å²) in [6.07, 6.45) is 0. The Morgan fingerprint density at radius 1 is 1.16 bits per heavy atom. The molecule has 0 bridgehead atoms. The van der Waals surface area contributed by atoms with E-state index in [9.17, 15) is 14.7 Å². The van der Waals surface area contributed by atoms with E-state index in [0.717, 1.165) is 5.56 Å². The number of anilines is 1. The van der Waals surface area contributed by atoms with Crippen molar-refractivity contribution >= 4 is 17.6 Å². The molecule has 0 aliphatic carbocycles. The van der Waals surface area contributed by atoms with Gasteiger partial charge in [-0.15, -0.1) is 0 Å². The first kappa shape index (κ1) is 18.3. The Labute approximate surface area is 146 Å². The molecule has 0 radical (unpaired) electrons. The zero-order valence-electron chi connectivity index (χ0n) is 14.4. The first-order chi connectivity index (χ1) is 11.9. The van der Waals surface area contributed by atoms with Crippen LogP contribution in [-0.2, 0) is 9.53 Å². The molecule has 0 saturated carbocycles. The molecule has 2 aromatic carbocycles. The zero-order chi connectivity index (χ0) is 18.4. The maximum atomic E-state index is 12.0. The van der Waals surface area contributed by atoms with Gasteiger partial charge in [-0.2, -0.15) is 0 Å². The average Bonchev–Trinajstić information content (AvgIpc) is 2.61. The van der Waals surface area contributed by atoms with Crippen LogP contribution in [0.2, 0.25) is 0 Å². The van der Waals surface area contributed by atoms with E-state index in [1.54, 1.807) is 6.07 Å². The van der Waals surface area contributed by atoms with Gasteiger partial charge in [0.1, 0.15) is 11.3 Å². The fourth-order valence-electron chi connectivity index (χ4n) is 2.22. The van der Waals surface area contributed by atoms with E-state index < -0.39 is 11.9 Å². The van der Waals surface area contributed by atoms with E-state index in [4.69, 9.17) is 4.74 Å². The number of phenols is 1. The minimum Gasteiger partial charge on any atom is -0.505 e. The second-order valence-corrected chi connectivity index (χ2v) is 5.76. The summed E-state index contributed by atoms with van der Waals surface area (Å²) in [5, 5.41) is 12.6. The molecule has 0 atom stereocenters. The molecule has 2 aromatic rings. The molecule has 0 aromatic heterocycles. The third-order valence-corrected chi connectivity index (χ3v) is 3.61. The van der Waals surface area contributed by atoms with Crippen LogP contribution in [0.25, 0.3) is 0 Å². The summed E-state index contributed by atoms with van der Waals surface area (Å²) in [4.78, 5) is 23.6. The Morgan fingerprint density at radius 3 is 2.56 bits per heavy atom. The maximum absolute atomic E-state index is 12.0. The Kier molecular flexibility index (Phi) is 6.00. The van der Waals surface area contributed by atoms with Gasteiger partial charge >= 0.3 is 5.97 Å². The Hall–Kier alpha value is -3.02. The van der Waals surface area contributed by atoms with Gasteiger partial charge in [-0.05, 0) is 35.7 Å². The predicted molar refractivity (Wildman–Crippen MR) is 94.1 cm³/mol. The van der Waals surface area contributed by atoms with Gasteiger partial charge in [-0.25, -0.2) is 4.79 Å². The first-order valence-electron chi connectivity index (χ1n) is 7.85. The fourth-order valence-corrected chi connectivity index (χ4v) is 2.22. The molecule has 0 fully saturated rings. The van der Waals surface area contributed by atoms with Crippen molar-refractivity contribution in [1.29, 1.82) is 0 Å². The van der Waals surface area contributed by atoms with Crippen molar-refractivity contribution < 1.29 is 24.2 Å². The second-order valence-electron chi connectivity index (χ2n) is 5.76. The van der Waals surface area contributed by atoms with Crippen LogP contribution in [0.15, 0.2) is 42.5 Å². The normalized spacial score (nSPS) is 10.4. The summed E-state index contributed by atoms with van der Waals surface area (Å²) in [6.45, 7) is 3.93. The van der Waals surface area contributed by atoms with Crippen LogP contribution in [-0.4, -0.2) is 30.7 Å². The number of hydrogen-bond donors (Lipinski definition) is 2. The number of phenolic OH excluding ortho intramolecular Hbond substituents is 1. The molecule has 132 valence electrons. The van der Waals surface area contributed by atoms with Gasteiger partial charge < -0.3 is 19.9 Å². The number of carbonyl (C=O) groups excluding carboxylic acids is 2. The number of benzene rings is 2. The van der Waals surface area contributed by atoms with E-state index in [-0.39, 0.29) is 23.6 Å². The average molecular weight is 343 g/mol. The molecule has 6 heteroatoms. The van der Waals surface area contributed by atoms with Crippen molar-refractivity contribution in [3.63, 3.8) is 0 Å². The predicted octanol–water partition coefficient (Wildman–Crippen LogP) is 3.32. The summed E-state index contributed by atoms with van der Waals surface area (Å²) in [5.74, 6) is -0.531. The van der Waals surface area contributed by atoms with Gasteiger partial charge in [0.15, 0.2) is 12.4 Å². The highest BCUT2D eigenvalue weighted by molar-refractivity contribution is 5.98. The van der Waals surface area contributed by atoms with E-state index in [1.807, 2.05) is 18.2 Å². The molecule has 0 unspecified atom stereocenters. The molecule has 2 rings (SSSR count). The number of carbonyl (C=O) groups is 2. The summed E-state index contributed by atoms with van der Waals surface area (Å²) in [7, 11) is 1.21. The minimum absolute atomic E-state index is 0.0224. The molecule has 0 aliphatic rings. The lowest BCUT2D eigenvalue weighted by atomic mass is 10.0. The second kappa shape index (κ2) is 8.19. The molecule has 0 spiro atoms. The number of amides is 1. The van der Waals surface area contributed by atoms with E-state index in [0.29, 0.717) is 11.7 Å². The van der Waals surface area contributed by atoms with Crippen molar-refractivity contribution in [2.45, 2.75) is 19.8 Å². The van der Waals surface area contributed by atoms with Gasteiger partial charge in [-0.1, -0.05) is 32.0 Å². The first-order valence-corrected chi connectivity index (χ1v) is 7.85. The van der Waals surface area contributed by atoms with Gasteiger partial charge in [-0.3, -0.25) is 4.79 Å². The number of esters is 1. The molecule has 6 nitrogen and oxygen atoms in total. The molecule has 0 heterocycles. The monoisotopic (exact) mass is 343 g/mol. The highest BCUT2D eigenvalue weighted by Gasteiger charge is 2.16. The van der Waals surface area contributed by atoms with Crippen LogP contribution < -0.4 is 10.1 Å². The zero-order valence-corrected chi connectivity index (χ0v) is 14.4. The summed E-state index contributed by atoms with van der Waals surface area (Å²) in [5.41, 5.74) is 1.21. The Balaban J connectivity index is 2.01. The molecule has 0 aliphatic heterocycles. The lowest BCUT2D eigenvalue weighted by molar-refractivity contribution is -0.118. The van der Waals surface area contributed by atoms with Gasteiger partial charge in [0, 0.05) is 0 Å². The van der Waals surface area contributed by atoms with Crippen LogP contribution >= 0.6 is 0 Å². The lowest BCUT2D eigenvalue weighted by Gasteiger charge is -2.12. The number of hydrogen-bond acceptors (Lipinski definition) is 5. The van der Waals surface area contributed by atoms with Gasteiger partial charge in [0.25, 0.3) is 5.91 Å². The fraction of sp³-hybridized carbons (Fsp3) is 0.263. The van der Waals surface area contributed by atoms with Crippen molar-refractivity contribution in [2.24, 2.45) is 0 Å². The number of methoxy groups -OCH3 is 1. The third-order valence-electron chi connectivity index (χ3n) is 3.61. The van der Waals surface area contributed by atoms with Crippen molar-refractivity contribution in [3.05, 3.63) is 53.6 Å². The smallest absolute Gasteiger partial charge is 0.341 e. The van der Waals surface area contributed by atoms with Crippen LogP contribution in [0.5, 0.6) is 11.5 Å². The lowest BCUT2D eigenvalue weighted by Crippen LogP contribution is -2.20. The SMILES string of the molecule is COC(=O)c1cccc(NC(=O)COc2cccc(C(C)C)c2)c1O. The van der Waals surface area contributed by atoms with Crippen LogP contribution in [0.4, 0.5) is 5.69 Å². The Bertz CT molecular complexity index is 770. The molecular formula is C19H21NO5. The number of para-hydroxylation sites is 1. The van der Waals surface area contributed by atoms with Crippen LogP contribution in [0.3, 0.4) is 0 Å². The van der Waals surface area contributed by atoms with E-state index in [2.05, 4.69) is 23.9 Å². The summed E-state index contributed by atoms with van der Waals surface area (Å²) in [6, 6.07) is 11.9. The van der Waals surface area contributed by atoms with E-state index >= 15 is 0 Å². The summed E-state index contributed by atoms with van der Waals surface area (Å²) < 4.78 is 10.1. The van der Waals surface area contributed by atoms with E-state index in [1.165, 1.54) is 25.3 Å². The number of rotatable bonds is 6. The third kappa shape index (κ3) is 4.73. The largest absolute Gasteiger partial charge is 0.505 e. The molecule has 1 amide bonds. The number of aromatic hydroxyl groups is 1. The van der Waals surface area contributed by atoms with Gasteiger partial charge in [0.2, 0.25) is 0 Å². The topological polar surface area (TPSA) is 84.9 Å². The van der Waals surface area contributed by atoms with Crippen molar-refractivity contribution in [1.82, 2.24) is 0 Å². The Morgan fingerprint density at radius 2 is 1.88 bits per heavy atom. The highest BCUT2D eigenvalue weighted by Crippen LogP contribution is 2.28. The van der Waals surface area contributed by atoms with Crippen molar-refractivity contribution in [3.8, 4) is 11.5 Å². The number of nitrogens with one attached hydrogen (secondary N) is 1. The maximum Gasteiger partial charge on any atom is 0.341 e. The quantitative estimate of drug-likeness (QED) is 0.621. The number of ether oxygens (including phenoxy) is 2. The van der Waals surface area contributed by atoms with Gasteiger partial charge in [0.05, 0.1) is 12.8 Å². The molecule has 0 saturated heterocycles. The molecular weight excluding hydrogens is 322 g/mol. The van der Waals surface area contributed by atoms with Crippen LogP contribution in [0.1, 0.15) is 35.7 Å². The van der Waals surface area contributed by atoms with Crippen molar-refractivity contribution in [2.75, 3.05) is 19.0 Å². The molecule has 2 N–H and O–H groups in total. The minimum atomic E-state index is -0.685. The molecule has 25 heavy (non-hydrogen) atoms. The standard InChI is InChI=1S/C19H21NO5/c1-12(2)13-6-4-7-14(10-13)25-11-17(21)20-16-9-5-8-15(18(16)22)19(23)24-3/h4-10,12,22H,11H2,1-3H3,(H,20,21). The highest BCUT2D eigenvalue weighted by atomic mass is 16.5.